The van der Waals surface area contributed by atoms with Crippen molar-refractivity contribution >= 4 is 21.6 Å². The lowest BCUT2D eigenvalue weighted by molar-refractivity contribution is 0.551. The van der Waals surface area contributed by atoms with Crippen LogP contribution < -0.4 is 5.73 Å². The van der Waals surface area contributed by atoms with Gasteiger partial charge in [0.25, 0.3) is 0 Å². The first-order valence-corrected chi connectivity index (χ1v) is 6.15. The Balaban J connectivity index is 2.43. The summed E-state index contributed by atoms with van der Waals surface area (Å²) in [6.45, 7) is 4.22. The maximum atomic E-state index is 5.97. The van der Waals surface area contributed by atoms with E-state index in [0.717, 1.165) is 11.9 Å². The van der Waals surface area contributed by atoms with Crippen molar-refractivity contribution in [1.82, 2.24) is 4.98 Å². The third-order valence-electron chi connectivity index (χ3n) is 2.70. The van der Waals surface area contributed by atoms with Crippen LogP contribution in [0.5, 0.6) is 0 Å². The summed E-state index contributed by atoms with van der Waals surface area (Å²) in [5, 5.41) is 1.17. The molecule has 0 spiro atoms. The van der Waals surface area contributed by atoms with E-state index in [1.54, 1.807) is 11.3 Å². The zero-order chi connectivity index (χ0) is 10.8. The summed E-state index contributed by atoms with van der Waals surface area (Å²) in [4.78, 5) is 4.64. The van der Waals surface area contributed by atoms with Crippen LogP contribution in [0.3, 0.4) is 0 Å². The van der Waals surface area contributed by atoms with Crippen LogP contribution in [-0.2, 0) is 0 Å². The van der Waals surface area contributed by atoms with Crippen LogP contribution in [0, 0.1) is 0 Å². The Morgan fingerprint density at radius 1 is 1.40 bits per heavy atom. The van der Waals surface area contributed by atoms with Crippen LogP contribution in [0.15, 0.2) is 24.3 Å². The molecule has 0 aliphatic heterocycles. The summed E-state index contributed by atoms with van der Waals surface area (Å²) in [5.41, 5.74) is 7.06. The Hall–Kier alpha value is -0.930. The summed E-state index contributed by atoms with van der Waals surface area (Å²) in [5.74, 6) is 0.391. The lowest BCUT2D eigenvalue weighted by Crippen LogP contribution is -2.24. The van der Waals surface area contributed by atoms with E-state index in [0.29, 0.717) is 5.92 Å². The zero-order valence-electron chi connectivity index (χ0n) is 9.10. The third-order valence-corrected chi connectivity index (χ3v) is 3.87. The van der Waals surface area contributed by atoms with Crippen molar-refractivity contribution < 1.29 is 0 Å². The first-order chi connectivity index (χ1) is 7.22. The summed E-state index contributed by atoms with van der Waals surface area (Å²) in [6, 6.07) is 8.43. The molecule has 2 rings (SSSR count). The molecule has 1 aromatic carbocycles. The average molecular weight is 220 g/mol. The minimum absolute atomic E-state index is 0.176. The number of hydrogen-bond acceptors (Lipinski definition) is 3. The molecule has 0 saturated heterocycles. The maximum Gasteiger partial charge on any atom is 0.0984 e. The van der Waals surface area contributed by atoms with Crippen LogP contribution in [0.4, 0.5) is 0 Å². The number of thiazole rings is 1. The zero-order valence-corrected chi connectivity index (χ0v) is 9.92. The number of aromatic nitrogens is 1. The largest absolute Gasteiger partial charge is 0.327 e. The fourth-order valence-corrected chi connectivity index (χ4v) is 3.09. The van der Waals surface area contributed by atoms with E-state index in [9.17, 15) is 0 Å². The average Bonchev–Trinajstić information content (AvgIpc) is 2.61. The predicted octanol–water partition coefficient (Wildman–Crippen LogP) is 3.14. The van der Waals surface area contributed by atoms with Crippen LogP contribution in [0.25, 0.3) is 10.2 Å². The van der Waals surface area contributed by atoms with Gasteiger partial charge in [-0.15, -0.1) is 11.3 Å². The molecule has 2 aromatic rings. The van der Waals surface area contributed by atoms with Crippen molar-refractivity contribution in [3.63, 3.8) is 0 Å². The topological polar surface area (TPSA) is 38.9 Å². The van der Waals surface area contributed by atoms with Gasteiger partial charge in [0.2, 0.25) is 0 Å². The normalized spacial score (nSPS) is 15.4. The Morgan fingerprint density at radius 3 is 2.73 bits per heavy atom. The molecule has 0 saturated carbocycles. The summed E-state index contributed by atoms with van der Waals surface area (Å²) >= 11 is 1.77. The quantitative estimate of drug-likeness (QED) is 0.863. The number of nitrogens with zero attached hydrogens (tertiary/aromatic N) is 1. The van der Waals surface area contributed by atoms with Gasteiger partial charge in [-0.3, -0.25) is 0 Å². The van der Waals surface area contributed by atoms with Crippen molar-refractivity contribution in [3.05, 3.63) is 29.3 Å². The fraction of sp³-hybridized carbons (Fsp3) is 0.417. The van der Waals surface area contributed by atoms with Gasteiger partial charge < -0.3 is 5.73 Å². The van der Waals surface area contributed by atoms with E-state index in [2.05, 4.69) is 37.0 Å². The molecule has 2 nitrogen and oxygen atoms in total. The molecule has 2 atom stereocenters. The number of hydrogen-bond donors (Lipinski definition) is 1. The fourth-order valence-electron chi connectivity index (χ4n) is 1.82. The van der Waals surface area contributed by atoms with Gasteiger partial charge in [0.05, 0.1) is 15.2 Å². The molecule has 0 amide bonds. The molecule has 0 bridgehead atoms. The van der Waals surface area contributed by atoms with Crippen molar-refractivity contribution in [1.29, 1.82) is 0 Å². The first kappa shape index (κ1) is 10.6. The van der Waals surface area contributed by atoms with Gasteiger partial charge in [-0.05, 0) is 25.5 Å². The van der Waals surface area contributed by atoms with Crippen molar-refractivity contribution in [2.45, 2.75) is 32.2 Å². The molecule has 2 unspecified atom stereocenters. The minimum atomic E-state index is 0.176. The molecule has 2 N–H and O–H groups in total. The van der Waals surface area contributed by atoms with Crippen LogP contribution in [0.1, 0.15) is 31.2 Å². The van der Waals surface area contributed by atoms with E-state index in [1.165, 1.54) is 9.71 Å². The lowest BCUT2D eigenvalue weighted by atomic mass is 10.0. The highest BCUT2D eigenvalue weighted by molar-refractivity contribution is 7.18. The van der Waals surface area contributed by atoms with E-state index < -0.39 is 0 Å². The standard InChI is InChI=1S/C12H16N2S/c1-3-9(8(2)13)12-14-10-6-4-5-7-11(10)15-12/h4-9H,3,13H2,1-2H3. The summed E-state index contributed by atoms with van der Waals surface area (Å²) in [6.07, 6.45) is 1.05. The Labute approximate surface area is 94.1 Å². The van der Waals surface area contributed by atoms with Gasteiger partial charge in [0.15, 0.2) is 0 Å². The SMILES string of the molecule is CCC(c1nc2ccccc2s1)C(C)N. The molecule has 0 aliphatic rings. The molecular weight excluding hydrogens is 204 g/mol. The lowest BCUT2D eigenvalue weighted by Gasteiger charge is -2.15. The van der Waals surface area contributed by atoms with E-state index in [1.807, 2.05) is 6.07 Å². The number of benzene rings is 1. The van der Waals surface area contributed by atoms with Crippen molar-refractivity contribution in [2.75, 3.05) is 0 Å². The van der Waals surface area contributed by atoms with E-state index in [-0.39, 0.29) is 6.04 Å². The molecule has 0 radical (unpaired) electrons. The van der Waals surface area contributed by atoms with Gasteiger partial charge >= 0.3 is 0 Å². The molecule has 3 heteroatoms. The third kappa shape index (κ3) is 2.03. The monoisotopic (exact) mass is 220 g/mol. The highest BCUT2D eigenvalue weighted by Gasteiger charge is 2.17. The Morgan fingerprint density at radius 2 is 2.13 bits per heavy atom. The van der Waals surface area contributed by atoms with Gasteiger partial charge in [0.1, 0.15) is 0 Å². The number of rotatable bonds is 3. The van der Waals surface area contributed by atoms with Crippen molar-refractivity contribution in [3.8, 4) is 0 Å². The second kappa shape index (κ2) is 4.29. The molecule has 80 valence electrons. The highest BCUT2D eigenvalue weighted by atomic mass is 32.1. The van der Waals surface area contributed by atoms with Gasteiger partial charge in [0, 0.05) is 12.0 Å². The van der Waals surface area contributed by atoms with Crippen molar-refractivity contribution in [2.24, 2.45) is 5.73 Å². The number of para-hydroxylation sites is 1. The molecule has 1 heterocycles. The Kier molecular flexibility index (Phi) is 3.03. The molecule has 0 aliphatic carbocycles. The second-order valence-corrected chi connectivity index (χ2v) is 4.96. The first-order valence-electron chi connectivity index (χ1n) is 5.33. The summed E-state index contributed by atoms with van der Waals surface area (Å²) < 4.78 is 1.26. The molecular formula is C12H16N2S. The van der Waals surface area contributed by atoms with Gasteiger partial charge in [-0.2, -0.15) is 0 Å². The Bertz CT molecular complexity index is 415. The predicted molar refractivity (Wildman–Crippen MR) is 66.3 cm³/mol. The van der Waals surface area contributed by atoms with Gasteiger partial charge in [-0.25, -0.2) is 4.98 Å². The summed E-state index contributed by atoms with van der Waals surface area (Å²) in [7, 11) is 0. The second-order valence-electron chi connectivity index (χ2n) is 3.89. The van der Waals surface area contributed by atoms with Crippen LogP contribution in [0.2, 0.25) is 0 Å². The number of nitrogens with two attached hydrogens (primary N) is 1. The van der Waals surface area contributed by atoms with E-state index >= 15 is 0 Å². The van der Waals surface area contributed by atoms with Crippen LogP contribution >= 0.6 is 11.3 Å². The highest BCUT2D eigenvalue weighted by Crippen LogP contribution is 2.30. The molecule has 15 heavy (non-hydrogen) atoms. The maximum absolute atomic E-state index is 5.97. The number of fused-ring (bicyclic) bond motifs is 1. The van der Waals surface area contributed by atoms with Gasteiger partial charge in [-0.1, -0.05) is 19.1 Å². The minimum Gasteiger partial charge on any atom is -0.327 e. The molecule has 1 aromatic heterocycles. The van der Waals surface area contributed by atoms with E-state index in [4.69, 9.17) is 5.73 Å². The van der Waals surface area contributed by atoms with Crippen LogP contribution in [-0.4, -0.2) is 11.0 Å². The molecule has 0 fully saturated rings. The smallest absolute Gasteiger partial charge is 0.0984 e.